The monoisotopic (exact) mass is 385 g/mol. The van der Waals surface area contributed by atoms with Gasteiger partial charge in [0.05, 0.1) is 16.5 Å². The van der Waals surface area contributed by atoms with Crippen LogP contribution >= 0.6 is 0 Å². The van der Waals surface area contributed by atoms with Crippen LogP contribution < -0.4 is 11.1 Å². The number of rotatable bonds is 8. The second-order valence-corrected chi connectivity index (χ2v) is 6.30. The summed E-state index contributed by atoms with van der Waals surface area (Å²) in [6.45, 7) is 0.712. The molecular weight excluding hydrogens is 366 g/mol. The molecule has 28 heavy (non-hydrogen) atoms. The van der Waals surface area contributed by atoms with Crippen LogP contribution in [0.25, 0.3) is 11.1 Å². The molecule has 0 saturated heterocycles. The van der Waals surface area contributed by atoms with Gasteiger partial charge in [-0.3, -0.25) is 19.5 Å². The number of hydrogen-bond acceptors (Lipinski definition) is 6. The highest BCUT2D eigenvalue weighted by atomic mass is 16.6. The highest BCUT2D eigenvalue weighted by Crippen LogP contribution is 2.20. The van der Waals surface area contributed by atoms with E-state index in [4.69, 9.17) is 4.42 Å². The zero-order valence-electron chi connectivity index (χ0n) is 15.0. The molecule has 0 fully saturated rings. The number of phenolic OH excluding ortho intramolecular Hbond substituents is 1. The summed E-state index contributed by atoms with van der Waals surface area (Å²) < 4.78 is 6.41. The largest absolute Gasteiger partial charge is 0.508 e. The number of benzene rings is 2. The van der Waals surface area contributed by atoms with Gasteiger partial charge in [0.2, 0.25) is 5.91 Å². The molecule has 0 atom stereocenters. The fourth-order valence-corrected chi connectivity index (χ4v) is 2.92. The number of fused-ring (bicyclic) bond motifs is 1. The van der Waals surface area contributed by atoms with Gasteiger partial charge in [-0.1, -0.05) is 12.1 Å². The molecule has 1 amide bonds. The smallest absolute Gasteiger partial charge is 0.419 e. The van der Waals surface area contributed by atoms with Crippen LogP contribution in [0.5, 0.6) is 5.75 Å². The Balaban J connectivity index is 1.50. The van der Waals surface area contributed by atoms with Gasteiger partial charge in [0.1, 0.15) is 5.75 Å². The maximum atomic E-state index is 12.0. The first-order valence-corrected chi connectivity index (χ1v) is 8.76. The van der Waals surface area contributed by atoms with Crippen molar-refractivity contribution in [1.29, 1.82) is 0 Å². The number of nitro groups is 1. The summed E-state index contributed by atoms with van der Waals surface area (Å²) in [5.74, 6) is -0.566. The number of nitro benzene ring substituents is 1. The third-order valence-corrected chi connectivity index (χ3v) is 4.29. The summed E-state index contributed by atoms with van der Waals surface area (Å²) in [7, 11) is 0. The molecule has 0 spiro atoms. The predicted molar refractivity (Wildman–Crippen MR) is 101 cm³/mol. The highest BCUT2D eigenvalue weighted by molar-refractivity contribution is 5.76. The molecule has 0 aliphatic carbocycles. The molecule has 0 saturated carbocycles. The van der Waals surface area contributed by atoms with Gasteiger partial charge in [0.25, 0.3) is 5.69 Å². The molecule has 1 heterocycles. The summed E-state index contributed by atoms with van der Waals surface area (Å²) in [6, 6.07) is 10.8. The molecule has 0 radical (unpaired) electrons. The zero-order valence-corrected chi connectivity index (χ0v) is 15.0. The molecule has 1 aromatic heterocycles. The van der Waals surface area contributed by atoms with Crippen LogP contribution in [0.3, 0.4) is 0 Å². The fourth-order valence-electron chi connectivity index (χ4n) is 2.92. The minimum atomic E-state index is -0.611. The van der Waals surface area contributed by atoms with Gasteiger partial charge in [-0.2, -0.15) is 0 Å². The van der Waals surface area contributed by atoms with Gasteiger partial charge in [-0.15, -0.1) is 0 Å². The van der Waals surface area contributed by atoms with E-state index >= 15 is 0 Å². The molecule has 3 aromatic rings. The average molecular weight is 385 g/mol. The van der Waals surface area contributed by atoms with Crippen molar-refractivity contribution in [2.75, 3.05) is 6.54 Å². The summed E-state index contributed by atoms with van der Waals surface area (Å²) in [6.07, 6.45) is 1.25. The van der Waals surface area contributed by atoms with E-state index < -0.39 is 10.7 Å². The molecule has 9 nitrogen and oxygen atoms in total. The van der Waals surface area contributed by atoms with Crippen molar-refractivity contribution in [2.45, 2.75) is 25.8 Å². The first-order valence-electron chi connectivity index (χ1n) is 8.76. The number of hydrogen-bond donors (Lipinski definition) is 2. The van der Waals surface area contributed by atoms with Crippen LogP contribution in [-0.4, -0.2) is 27.0 Å². The Morgan fingerprint density at radius 2 is 2.07 bits per heavy atom. The summed E-state index contributed by atoms with van der Waals surface area (Å²) in [4.78, 5) is 34.1. The van der Waals surface area contributed by atoms with E-state index in [9.17, 15) is 24.8 Å². The molecule has 146 valence electrons. The van der Waals surface area contributed by atoms with Crippen LogP contribution in [0.4, 0.5) is 5.69 Å². The van der Waals surface area contributed by atoms with Crippen molar-refractivity contribution in [3.63, 3.8) is 0 Å². The minimum Gasteiger partial charge on any atom is -0.508 e. The van der Waals surface area contributed by atoms with Crippen LogP contribution in [0.1, 0.15) is 18.4 Å². The van der Waals surface area contributed by atoms with Crippen molar-refractivity contribution >= 4 is 22.7 Å². The Morgan fingerprint density at radius 3 is 2.82 bits per heavy atom. The van der Waals surface area contributed by atoms with Crippen molar-refractivity contribution in [1.82, 2.24) is 9.88 Å². The van der Waals surface area contributed by atoms with E-state index in [1.807, 2.05) is 6.07 Å². The number of phenols is 1. The number of nitrogens with zero attached hydrogens (tertiary/aromatic N) is 2. The van der Waals surface area contributed by atoms with E-state index in [2.05, 4.69) is 5.32 Å². The van der Waals surface area contributed by atoms with Crippen LogP contribution in [0, 0.1) is 10.1 Å². The van der Waals surface area contributed by atoms with Crippen molar-refractivity contribution in [3.05, 3.63) is 68.7 Å². The first kappa shape index (κ1) is 19.2. The maximum Gasteiger partial charge on any atom is 0.419 e. The zero-order chi connectivity index (χ0) is 20.1. The van der Waals surface area contributed by atoms with Gasteiger partial charge in [-0.25, -0.2) is 4.79 Å². The molecule has 0 aliphatic rings. The van der Waals surface area contributed by atoms with Crippen LogP contribution in [0.15, 0.2) is 51.7 Å². The van der Waals surface area contributed by atoms with Crippen molar-refractivity contribution < 1.29 is 19.2 Å². The fraction of sp³-hybridized carbons (Fsp3) is 0.263. The molecular formula is C19H19N3O6. The minimum absolute atomic E-state index is 0.142. The Bertz CT molecular complexity index is 1070. The van der Waals surface area contributed by atoms with Gasteiger partial charge < -0.3 is 14.8 Å². The number of non-ortho nitro benzene ring substituents is 1. The number of amides is 1. The van der Waals surface area contributed by atoms with Gasteiger partial charge in [0, 0.05) is 25.6 Å². The lowest BCUT2D eigenvalue weighted by Crippen LogP contribution is -2.26. The predicted octanol–water partition coefficient (Wildman–Crippen LogP) is 2.35. The number of aryl methyl sites for hydroxylation is 1. The molecule has 2 N–H and O–H groups in total. The third kappa shape index (κ3) is 4.56. The van der Waals surface area contributed by atoms with E-state index in [0.717, 1.165) is 5.56 Å². The molecule has 2 aromatic carbocycles. The number of nitrogens with one attached hydrogen (secondary N) is 1. The van der Waals surface area contributed by atoms with E-state index in [1.54, 1.807) is 18.2 Å². The molecule has 3 rings (SSSR count). The highest BCUT2D eigenvalue weighted by Gasteiger charge is 2.14. The van der Waals surface area contributed by atoms with Crippen molar-refractivity contribution in [2.24, 2.45) is 0 Å². The Morgan fingerprint density at radius 1 is 1.25 bits per heavy atom. The number of carbonyl (C=O) groups excluding carboxylic acids is 1. The summed E-state index contributed by atoms with van der Waals surface area (Å²) >= 11 is 0. The second kappa shape index (κ2) is 8.38. The Labute approximate surface area is 159 Å². The third-order valence-electron chi connectivity index (χ3n) is 4.29. The molecule has 0 bridgehead atoms. The Hall–Kier alpha value is -3.62. The topological polar surface area (TPSA) is 128 Å². The van der Waals surface area contributed by atoms with E-state index in [-0.39, 0.29) is 35.9 Å². The molecule has 9 heteroatoms. The molecule has 0 aliphatic heterocycles. The van der Waals surface area contributed by atoms with Crippen LogP contribution in [-0.2, 0) is 17.8 Å². The lowest BCUT2D eigenvalue weighted by atomic mass is 10.1. The average Bonchev–Trinajstić information content (AvgIpc) is 2.96. The summed E-state index contributed by atoms with van der Waals surface area (Å²) in [5.41, 5.74) is 1.37. The number of carbonyl (C=O) groups is 1. The quantitative estimate of drug-likeness (QED) is 0.452. The number of aromatic hydroxyl groups is 1. The first-order chi connectivity index (χ1) is 13.4. The maximum absolute atomic E-state index is 12.0. The van der Waals surface area contributed by atoms with Gasteiger partial charge >= 0.3 is 5.76 Å². The second-order valence-electron chi connectivity index (χ2n) is 6.30. The van der Waals surface area contributed by atoms with Crippen molar-refractivity contribution in [3.8, 4) is 5.75 Å². The number of oxazole rings is 1. The number of aromatic nitrogens is 1. The van der Waals surface area contributed by atoms with Crippen LogP contribution in [0.2, 0.25) is 0 Å². The van der Waals surface area contributed by atoms with E-state index in [0.29, 0.717) is 24.9 Å². The summed E-state index contributed by atoms with van der Waals surface area (Å²) in [5, 5.41) is 23.0. The lowest BCUT2D eigenvalue weighted by Gasteiger charge is -2.06. The normalized spacial score (nSPS) is 10.9. The Kier molecular flexibility index (Phi) is 5.73. The van der Waals surface area contributed by atoms with E-state index in [1.165, 1.54) is 22.8 Å². The lowest BCUT2D eigenvalue weighted by molar-refractivity contribution is -0.384. The standard InChI is InChI=1S/C19H19N3O6/c23-15-4-1-3-13(11-15)8-9-20-18(24)5-2-10-21-16-7-6-14(22(26)27)12-17(16)28-19(21)25/h1,3-4,6-7,11-12,23H,2,5,8-10H2,(H,20,24). The van der Waals surface area contributed by atoms with Gasteiger partial charge in [0.15, 0.2) is 5.58 Å². The van der Waals surface area contributed by atoms with Gasteiger partial charge in [-0.05, 0) is 36.6 Å². The SMILES string of the molecule is O=C(CCCn1c(=O)oc2cc([N+](=O)[O-])ccc21)NCCc1cccc(O)c1. The molecule has 0 unspecified atom stereocenters.